The number of carbonyl (C=O) groups is 1. The highest BCUT2D eigenvalue weighted by molar-refractivity contribution is 6.30. The third-order valence-electron chi connectivity index (χ3n) is 4.45. The normalized spacial score (nSPS) is 11.3. The van der Waals surface area contributed by atoms with Gasteiger partial charge in [0, 0.05) is 28.9 Å². The summed E-state index contributed by atoms with van der Waals surface area (Å²) in [6.45, 7) is 0.0228. The number of aliphatic hydroxyl groups is 1. The van der Waals surface area contributed by atoms with E-state index in [2.05, 4.69) is 10.6 Å². The standard InChI is InChI=1S/C22H17ClN4O4/c23-17-7-4-15(5-8-17)21(28)13-25-19-9-6-16(11-20(19)27(30)31)22(29)26-18-3-1-2-14(10-18)12-24/h1-11,21,25,28H,13H2,(H,26,29)/t21-/m1/s1. The maximum Gasteiger partial charge on any atom is 0.293 e. The fourth-order valence-electron chi connectivity index (χ4n) is 2.85. The van der Waals surface area contributed by atoms with Gasteiger partial charge < -0.3 is 15.7 Å². The van der Waals surface area contributed by atoms with Crippen LogP contribution >= 0.6 is 11.6 Å². The van der Waals surface area contributed by atoms with Crippen molar-refractivity contribution < 1.29 is 14.8 Å². The van der Waals surface area contributed by atoms with Crippen LogP contribution in [0.2, 0.25) is 5.02 Å². The molecule has 31 heavy (non-hydrogen) atoms. The Labute approximate surface area is 182 Å². The number of rotatable bonds is 7. The average Bonchev–Trinajstić information content (AvgIpc) is 2.77. The van der Waals surface area contributed by atoms with Crippen LogP contribution < -0.4 is 10.6 Å². The van der Waals surface area contributed by atoms with Crippen molar-refractivity contribution in [3.63, 3.8) is 0 Å². The fraction of sp³-hybridized carbons (Fsp3) is 0.0909. The van der Waals surface area contributed by atoms with Crippen LogP contribution in [-0.2, 0) is 0 Å². The van der Waals surface area contributed by atoms with Crippen LogP contribution in [0.25, 0.3) is 0 Å². The largest absolute Gasteiger partial charge is 0.387 e. The first-order valence-electron chi connectivity index (χ1n) is 9.14. The molecule has 3 rings (SSSR count). The van der Waals surface area contributed by atoms with Gasteiger partial charge in [0.1, 0.15) is 5.69 Å². The summed E-state index contributed by atoms with van der Waals surface area (Å²) in [4.78, 5) is 23.4. The van der Waals surface area contributed by atoms with Crippen LogP contribution in [0.15, 0.2) is 66.7 Å². The van der Waals surface area contributed by atoms with Crippen LogP contribution in [-0.4, -0.2) is 22.5 Å². The van der Waals surface area contributed by atoms with E-state index in [1.165, 1.54) is 18.2 Å². The Bertz CT molecular complexity index is 1160. The van der Waals surface area contributed by atoms with E-state index in [0.717, 1.165) is 6.07 Å². The molecule has 0 spiro atoms. The summed E-state index contributed by atoms with van der Waals surface area (Å²) < 4.78 is 0. The quantitative estimate of drug-likeness (QED) is 0.369. The van der Waals surface area contributed by atoms with Crippen LogP contribution in [0.3, 0.4) is 0 Å². The van der Waals surface area contributed by atoms with Crippen molar-refractivity contribution in [3.05, 3.63) is 98.6 Å². The highest BCUT2D eigenvalue weighted by Crippen LogP contribution is 2.27. The summed E-state index contributed by atoms with van der Waals surface area (Å²) in [7, 11) is 0. The van der Waals surface area contributed by atoms with Gasteiger partial charge in [-0.3, -0.25) is 14.9 Å². The number of nitrogens with zero attached hydrogens (tertiary/aromatic N) is 2. The number of hydrogen-bond acceptors (Lipinski definition) is 6. The van der Waals surface area contributed by atoms with Gasteiger partial charge >= 0.3 is 0 Å². The maximum absolute atomic E-state index is 12.5. The Morgan fingerprint density at radius 1 is 1.16 bits per heavy atom. The van der Waals surface area contributed by atoms with E-state index in [1.54, 1.807) is 42.5 Å². The highest BCUT2D eigenvalue weighted by atomic mass is 35.5. The molecule has 0 aliphatic rings. The predicted molar refractivity (Wildman–Crippen MR) is 117 cm³/mol. The topological polar surface area (TPSA) is 128 Å². The Hall–Kier alpha value is -3.93. The number of nitriles is 1. The summed E-state index contributed by atoms with van der Waals surface area (Å²) in [5.41, 5.74) is 1.33. The van der Waals surface area contributed by atoms with Crippen LogP contribution in [0.1, 0.15) is 27.6 Å². The van der Waals surface area contributed by atoms with Gasteiger partial charge in [-0.1, -0.05) is 29.8 Å². The molecule has 0 aliphatic heterocycles. The van der Waals surface area contributed by atoms with Crippen molar-refractivity contribution >= 4 is 34.6 Å². The first-order valence-corrected chi connectivity index (χ1v) is 9.52. The van der Waals surface area contributed by atoms with E-state index >= 15 is 0 Å². The lowest BCUT2D eigenvalue weighted by molar-refractivity contribution is -0.384. The van der Waals surface area contributed by atoms with Crippen molar-refractivity contribution in [2.75, 3.05) is 17.2 Å². The number of aliphatic hydroxyl groups excluding tert-OH is 1. The maximum atomic E-state index is 12.5. The van der Waals surface area contributed by atoms with Gasteiger partial charge in [0.15, 0.2) is 0 Å². The Balaban J connectivity index is 1.74. The molecule has 3 aromatic carbocycles. The summed E-state index contributed by atoms with van der Waals surface area (Å²) in [5, 5.41) is 36.7. The minimum Gasteiger partial charge on any atom is -0.387 e. The number of nitrogens with one attached hydrogen (secondary N) is 2. The monoisotopic (exact) mass is 436 g/mol. The zero-order chi connectivity index (χ0) is 22.4. The molecular weight excluding hydrogens is 420 g/mol. The Morgan fingerprint density at radius 2 is 1.90 bits per heavy atom. The van der Waals surface area contributed by atoms with Gasteiger partial charge in [-0.25, -0.2) is 0 Å². The molecule has 0 unspecified atom stereocenters. The van der Waals surface area contributed by atoms with E-state index in [-0.39, 0.29) is 23.5 Å². The molecule has 0 radical (unpaired) electrons. The average molecular weight is 437 g/mol. The highest BCUT2D eigenvalue weighted by Gasteiger charge is 2.19. The minimum atomic E-state index is -0.910. The second kappa shape index (κ2) is 9.71. The molecule has 0 aliphatic carbocycles. The molecule has 156 valence electrons. The van der Waals surface area contributed by atoms with E-state index in [4.69, 9.17) is 16.9 Å². The SMILES string of the molecule is N#Cc1cccc(NC(=O)c2ccc(NC[C@@H](O)c3ccc(Cl)cc3)c([N+](=O)[O-])c2)c1. The third-order valence-corrected chi connectivity index (χ3v) is 4.70. The van der Waals surface area contributed by atoms with E-state index in [1.807, 2.05) is 6.07 Å². The van der Waals surface area contributed by atoms with E-state index in [9.17, 15) is 20.0 Å². The zero-order valence-electron chi connectivity index (χ0n) is 16.1. The number of benzene rings is 3. The third kappa shape index (κ3) is 5.57. The number of halogens is 1. The zero-order valence-corrected chi connectivity index (χ0v) is 16.8. The molecule has 1 amide bonds. The smallest absolute Gasteiger partial charge is 0.293 e. The summed E-state index contributed by atoms with van der Waals surface area (Å²) >= 11 is 5.83. The van der Waals surface area contributed by atoms with Crippen molar-refractivity contribution in [1.29, 1.82) is 5.26 Å². The lowest BCUT2D eigenvalue weighted by Crippen LogP contribution is -2.15. The van der Waals surface area contributed by atoms with Gasteiger partial charge in [0.2, 0.25) is 0 Å². The number of amides is 1. The van der Waals surface area contributed by atoms with Gasteiger partial charge in [-0.2, -0.15) is 5.26 Å². The molecule has 0 heterocycles. The lowest BCUT2D eigenvalue weighted by Gasteiger charge is -2.14. The van der Waals surface area contributed by atoms with Gasteiger partial charge in [0.05, 0.1) is 22.7 Å². The summed E-state index contributed by atoms with van der Waals surface area (Å²) in [6.07, 6.45) is -0.910. The van der Waals surface area contributed by atoms with Crippen molar-refractivity contribution in [1.82, 2.24) is 0 Å². The molecule has 9 heteroatoms. The molecule has 0 saturated heterocycles. The molecule has 8 nitrogen and oxygen atoms in total. The van der Waals surface area contributed by atoms with Crippen molar-refractivity contribution in [2.45, 2.75) is 6.10 Å². The first-order chi connectivity index (χ1) is 14.9. The number of hydrogen-bond donors (Lipinski definition) is 3. The second-order valence-corrected chi connectivity index (χ2v) is 7.02. The number of nitro groups is 1. The number of carbonyl (C=O) groups excluding carboxylic acids is 1. The van der Waals surface area contributed by atoms with Crippen LogP contribution in [0.4, 0.5) is 17.1 Å². The number of nitro benzene ring substituents is 1. The lowest BCUT2D eigenvalue weighted by atomic mass is 10.1. The van der Waals surface area contributed by atoms with Gasteiger partial charge in [-0.05, 0) is 48.0 Å². The van der Waals surface area contributed by atoms with Gasteiger partial charge in [0.25, 0.3) is 11.6 Å². The molecule has 0 fully saturated rings. The van der Waals surface area contributed by atoms with E-state index in [0.29, 0.717) is 21.8 Å². The van der Waals surface area contributed by atoms with Crippen molar-refractivity contribution in [2.24, 2.45) is 0 Å². The fourth-order valence-corrected chi connectivity index (χ4v) is 2.98. The Kier molecular flexibility index (Phi) is 6.82. The molecule has 3 aromatic rings. The predicted octanol–water partition coefficient (Wildman–Crippen LogP) is 4.52. The summed E-state index contributed by atoms with van der Waals surface area (Å²) in [6, 6.07) is 18.9. The number of anilines is 2. The van der Waals surface area contributed by atoms with Crippen LogP contribution in [0, 0.1) is 21.4 Å². The second-order valence-electron chi connectivity index (χ2n) is 6.58. The summed E-state index contributed by atoms with van der Waals surface area (Å²) in [5.74, 6) is -0.550. The Morgan fingerprint density at radius 3 is 2.58 bits per heavy atom. The molecule has 3 N–H and O–H groups in total. The molecule has 0 saturated carbocycles. The van der Waals surface area contributed by atoms with Crippen LogP contribution in [0.5, 0.6) is 0 Å². The van der Waals surface area contributed by atoms with E-state index < -0.39 is 16.9 Å². The van der Waals surface area contributed by atoms with Gasteiger partial charge in [-0.15, -0.1) is 0 Å². The molecule has 0 aromatic heterocycles. The van der Waals surface area contributed by atoms with Crippen molar-refractivity contribution in [3.8, 4) is 6.07 Å². The first kappa shape index (κ1) is 21.8. The minimum absolute atomic E-state index is 0.0228. The molecular formula is C22H17ClN4O4. The molecule has 1 atom stereocenters. The molecule has 0 bridgehead atoms.